The number of aromatic nitrogens is 4. The number of aromatic hydroxyl groups is 2. The minimum Gasteiger partial charge on any atom is -0.506 e. The zero-order valence-corrected chi connectivity index (χ0v) is 28.8. The van der Waals surface area contributed by atoms with Crippen LogP contribution in [0, 0.1) is 0 Å². The Kier molecular flexibility index (Phi) is 7.34. The summed E-state index contributed by atoms with van der Waals surface area (Å²) >= 11 is 0. The molecule has 0 aliphatic heterocycles. The molecule has 3 heterocycles. The maximum Gasteiger partial charge on any atom is 0.160 e. The van der Waals surface area contributed by atoms with Crippen LogP contribution in [0.15, 0.2) is 170 Å². The summed E-state index contributed by atoms with van der Waals surface area (Å²) in [5, 5.41) is 28.4. The van der Waals surface area contributed by atoms with Gasteiger partial charge in [-0.2, -0.15) is 0 Å². The van der Waals surface area contributed by atoms with E-state index >= 15 is 0 Å². The molecule has 3 aromatic heterocycles. The van der Waals surface area contributed by atoms with Gasteiger partial charge in [-0.1, -0.05) is 115 Å². The van der Waals surface area contributed by atoms with E-state index in [1.165, 1.54) is 0 Å². The van der Waals surface area contributed by atoms with Crippen molar-refractivity contribution in [1.29, 1.82) is 0 Å². The van der Waals surface area contributed by atoms with E-state index in [9.17, 15) is 10.2 Å². The number of benzene rings is 7. The highest BCUT2D eigenvalue weighted by Gasteiger charge is 2.22. The maximum atomic E-state index is 12.0. The fourth-order valence-corrected chi connectivity index (χ4v) is 7.69. The van der Waals surface area contributed by atoms with Crippen LogP contribution in [0.2, 0.25) is 0 Å². The Balaban J connectivity index is 1.33. The molecular formula is C48H30N4O2. The minimum atomic E-state index is 0.122. The van der Waals surface area contributed by atoms with Crippen molar-refractivity contribution in [1.82, 2.24) is 19.9 Å². The van der Waals surface area contributed by atoms with Crippen molar-refractivity contribution in [2.24, 2.45) is 0 Å². The lowest BCUT2D eigenvalue weighted by molar-refractivity contribution is 0.480. The van der Waals surface area contributed by atoms with Gasteiger partial charge in [0.2, 0.25) is 0 Å². The highest BCUT2D eigenvalue weighted by atomic mass is 16.3. The Hall–Kier alpha value is -7.44. The van der Waals surface area contributed by atoms with Gasteiger partial charge >= 0.3 is 0 Å². The van der Waals surface area contributed by atoms with Crippen LogP contribution in [0.3, 0.4) is 0 Å². The van der Waals surface area contributed by atoms with Gasteiger partial charge in [0.1, 0.15) is 22.5 Å². The molecule has 7 aromatic carbocycles. The van der Waals surface area contributed by atoms with Gasteiger partial charge in [-0.05, 0) is 75.1 Å². The molecule has 0 unspecified atom stereocenters. The van der Waals surface area contributed by atoms with E-state index in [-0.39, 0.29) is 11.5 Å². The van der Waals surface area contributed by atoms with Crippen LogP contribution in [-0.2, 0) is 0 Å². The molecule has 0 amide bonds. The van der Waals surface area contributed by atoms with E-state index in [4.69, 9.17) is 9.97 Å². The Labute approximate surface area is 310 Å². The first-order valence-corrected chi connectivity index (χ1v) is 17.8. The summed E-state index contributed by atoms with van der Waals surface area (Å²) in [6.07, 6.45) is 3.40. The fraction of sp³-hybridized carbons (Fsp3) is 0. The van der Waals surface area contributed by atoms with Crippen LogP contribution in [0.4, 0.5) is 0 Å². The summed E-state index contributed by atoms with van der Waals surface area (Å²) in [4.78, 5) is 19.3. The first-order valence-electron chi connectivity index (χ1n) is 17.8. The van der Waals surface area contributed by atoms with Crippen molar-refractivity contribution < 1.29 is 10.2 Å². The molecule has 2 N–H and O–H groups in total. The number of hydrogen-bond acceptors (Lipinski definition) is 6. The Morgan fingerprint density at radius 3 is 1.74 bits per heavy atom. The molecule has 0 aliphatic carbocycles. The molecule has 10 aromatic rings. The SMILES string of the molecule is Oc1c(-c2c3ccccc3c(-c3ccc(O)c4ncccc34)c3ccc(-c4cc(-c5ccccc5)nc(-c5ccccc5)n4)cc23)ccc2cccnc12. The molecule has 54 heavy (non-hydrogen) atoms. The molecular weight excluding hydrogens is 665 g/mol. The van der Waals surface area contributed by atoms with Crippen LogP contribution in [0.1, 0.15) is 0 Å². The molecule has 6 nitrogen and oxygen atoms in total. The van der Waals surface area contributed by atoms with E-state index in [1.54, 1.807) is 18.5 Å². The Morgan fingerprint density at radius 2 is 0.981 bits per heavy atom. The lowest BCUT2D eigenvalue weighted by Gasteiger charge is -2.20. The topological polar surface area (TPSA) is 92.0 Å². The second-order valence-corrected chi connectivity index (χ2v) is 13.3. The molecule has 0 atom stereocenters. The van der Waals surface area contributed by atoms with Gasteiger partial charge in [-0.25, -0.2) is 9.97 Å². The standard InChI is InChI=1S/C48H30N4O2/c53-42-24-23-35(37-18-10-26-50-46(37)42)43-33-16-7-8-17-34(33)44(38-22-19-30-15-9-25-49-45(30)47(38)54)39-27-32(20-21-36(39)43)41-28-40(29-11-3-1-4-12-29)51-48(52-41)31-13-5-2-6-14-31/h1-28,53-54H. The first-order chi connectivity index (χ1) is 26.6. The van der Waals surface area contributed by atoms with Crippen molar-refractivity contribution in [3.63, 3.8) is 0 Å². The van der Waals surface area contributed by atoms with Crippen LogP contribution in [0.25, 0.3) is 99.5 Å². The zero-order valence-electron chi connectivity index (χ0n) is 28.8. The summed E-state index contributed by atoms with van der Waals surface area (Å²) in [5.41, 5.74) is 9.01. The molecule has 0 spiro atoms. The number of fused-ring (bicyclic) bond motifs is 4. The molecule has 0 bridgehead atoms. The molecule has 0 saturated carbocycles. The second-order valence-electron chi connectivity index (χ2n) is 13.3. The lowest BCUT2D eigenvalue weighted by Crippen LogP contribution is -1.97. The zero-order chi connectivity index (χ0) is 36.2. The number of nitrogens with zero attached hydrogens (tertiary/aromatic N) is 4. The molecule has 0 radical (unpaired) electrons. The van der Waals surface area contributed by atoms with Crippen molar-refractivity contribution in [2.75, 3.05) is 0 Å². The lowest BCUT2D eigenvalue weighted by atomic mass is 9.84. The van der Waals surface area contributed by atoms with E-state index < -0.39 is 0 Å². The van der Waals surface area contributed by atoms with Gasteiger partial charge in [-0.15, -0.1) is 0 Å². The second kappa shape index (κ2) is 12.7. The van der Waals surface area contributed by atoms with Crippen LogP contribution >= 0.6 is 0 Å². The summed E-state index contributed by atoms with van der Waals surface area (Å²) in [6, 6.07) is 52.4. The van der Waals surface area contributed by atoms with Gasteiger partial charge in [-0.3, -0.25) is 9.97 Å². The van der Waals surface area contributed by atoms with E-state index in [0.29, 0.717) is 22.4 Å². The van der Waals surface area contributed by atoms with Gasteiger partial charge in [0.25, 0.3) is 0 Å². The number of phenolic OH excluding ortho intramolecular Hbond substituents is 2. The van der Waals surface area contributed by atoms with E-state index in [1.807, 2.05) is 109 Å². The average molecular weight is 695 g/mol. The monoisotopic (exact) mass is 694 g/mol. The van der Waals surface area contributed by atoms with Gasteiger partial charge in [0.05, 0.1) is 11.4 Å². The van der Waals surface area contributed by atoms with Crippen molar-refractivity contribution in [3.8, 4) is 67.7 Å². The quantitative estimate of drug-likeness (QED) is 0.174. The van der Waals surface area contributed by atoms with E-state index in [2.05, 4.69) is 52.4 Å². The number of hydrogen-bond donors (Lipinski definition) is 2. The minimum absolute atomic E-state index is 0.122. The normalized spacial score (nSPS) is 11.5. The van der Waals surface area contributed by atoms with Crippen molar-refractivity contribution >= 4 is 43.4 Å². The third-order valence-electron chi connectivity index (χ3n) is 10.2. The van der Waals surface area contributed by atoms with Crippen molar-refractivity contribution in [3.05, 3.63) is 170 Å². The molecule has 0 fully saturated rings. The molecule has 6 heteroatoms. The Bertz CT molecular complexity index is 3020. The Morgan fingerprint density at radius 1 is 0.389 bits per heavy atom. The van der Waals surface area contributed by atoms with Crippen molar-refractivity contribution in [2.45, 2.75) is 0 Å². The molecule has 10 rings (SSSR count). The number of pyridine rings is 2. The summed E-state index contributed by atoms with van der Waals surface area (Å²) < 4.78 is 0. The third kappa shape index (κ3) is 5.12. The summed E-state index contributed by atoms with van der Waals surface area (Å²) in [6.45, 7) is 0. The highest BCUT2D eigenvalue weighted by Crippen LogP contribution is 2.49. The number of rotatable bonds is 5. The third-order valence-corrected chi connectivity index (χ3v) is 10.2. The average Bonchev–Trinajstić information content (AvgIpc) is 3.24. The largest absolute Gasteiger partial charge is 0.506 e. The maximum absolute atomic E-state index is 12.0. The van der Waals surface area contributed by atoms with Gasteiger partial charge in [0.15, 0.2) is 5.82 Å². The van der Waals surface area contributed by atoms with Gasteiger partial charge in [0, 0.05) is 51.0 Å². The predicted molar refractivity (Wildman–Crippen MR) is 218 cm³/mol. The van der Waals surface area contributed by atoms with Crippen LogP contribution < -0.4 is 0 Å². The first kappa shape index (κ1) is 31.3. The highest BCUT2D eigenvalue weighted by molar-refractivity contribution is 6.24. The number of phenols is 2. The molecule has 254 valence electrons. The molecule has 0 aliphatic rings. The van der Waals surface area contributed by atoms with Crippen LogP contribution in [-0.4, -0.2) is 30.1 Å². The van der Waals surface area contributed by atoms with Gasteiger partial charge < -0.3 is 10.2 Å². The summed E-state index contributed by atoms with van der Waals surface area (Å²) in [7, 11) is 0. The predicted octanol–water partition coefficient (Wildman–Crippen LogP) is 11.6. The van der Waals surface area contributed by atoms with E-state index in [0.717, 1.165) is 77.1 Å². The fourth-order valence-electron chi connectivity index (χ4n) is 7.69. The smallest absolute Gasteiger partial charge is 0.160 e. The molecule has 0 saturated heterocycles. The summed E-state index contributed by atoms with van der Waals surface area (Å²) in [5.74, 6) is 0.882. The van der Waals surface area contributed by atoms with Crippen LogP contribution in [0.5, 0.6) is 11.5 Å².